The van der Waals surface area contributed by atoms with Crippen LogP contribution in [0.15, 0.2) is 42.5 Å². The van der Waals surface area contributed by atoms with Crippen molar-refractivity contribution in [3.05, 3.63) is 59.2 Å². The van der Waals surface area contributed by atoms with E-state index >= 15 is 0 Å². The SMILES string of the molecule is Cc1cc(C)c2ccc3c(C(C)C)cccc3c2c1. The molecule has 96 valence electrons. The van der Waals surface area contributed by atoms with E-state index in [0.717, 1.165) is 0 Å². The van der Waals surface area contributed by atoms with Gasteiger partial charge < -0.3 is 0 Å². The van der Waals surface area contributed by atoms with Crippen LogP contribution >= 0.6 is 0 Å². The molecule has 0 heteroatoms. The first kappa shape index (κ1) is 12.2. The van der Waals surface area contributed by atoms with E-state index in [9.17, 15) is 0 Å². The van der Waals surface area contributed by atoms with Gasteiger partial charge in [-0.15, -0.1) is 0 Å². The molecule has 3 aromatic rings. The number of hydrogen-bond acceptors (Lipinski definition) is 0. The van der Waals surface area contributed by atoms with Gasteiger partial charge >= 0.3 is 0 Å². The van der Waals surface area contributed by atoms with Gasteiger partial charge in [0.15, 0.2) is 0 Å². The van der Waals surface area contributed by atoms with E-state index in [1.807, 2.05) is 0 Å². The van der Waals surface area contributed by atoms with Crippen LogP contribution in [0.25, 0.3) is 21.5 Å². The Morgan fingerprint density at radius 1 is 0.737 bits per heavy atom. The van der Waals surface area contributed by atoms with Crippen LogP contribution in [-0.2, 0) is 0 Å². The maximum atomic E-state index is 2.31. The lowest BCUT2D eigenvalue weighted by atomic mass is 9.91. The van der Waals surface area contributed by atoms with Gasteiger partial charge in [0.05, 0.1) is 0 Å². The summed E-state index contributed by atoms with van der Waals surface area (Å²) >= 11 is 0. The summed E-state index contributed by atoms with van der Waals surface area (Å²) in [6.07, 6.45) is 0. The lowest BCUT2D eigenvalue weighted by Gasteiger charge is -2.13. The highest BCUT2D eigenvalue weighted by Crippen LogP contribution is 2.32. The highest BCUT2D eigenvalue weighted by atomic mass is 14.1. The van der Waals surface area contributed by atoms with Crippen LogP contribution in [0, 0.1) is 13.8 Å². The van der Waals surface area contributed by atoms with Gasteiger partial charge in [0.2, 0.25) is 0 Å². The Bertz CT molecular complexity index is 764. The first-order chi connectivity index (χ1) is 9.08. The maximum Gasteiger partial charge on any atom is -0.0100 e. The minimum Gasteiger partial charge on any atom is -0.0613 e. The highest BCUT2D eigenvalue weighted by molar-refractivity contribution is 6.09. The van der Waals surface area contributed by atoms with E-state index in [1.165, 1.54) is 38.2 Å². The van der Waals surface area contributed by atoms with E-state index in [0.29, 0.717) is 5.92 Å². The minimum absolute atomic E-state index is 0.562. The Morgan fingerprint density at radius 2 is 1.47 bits per heavy atom. The summed E-state index contributed by atoms with van der Waals surface area (Å²) in [4.78, 5) is 0. The van der Waals surface area contributed by atoms with Crippen molar-refractivity contribution in [2.45, 2.75) is 33.6 Å². The summed E-state index contributed by atoms with van der Waals surface area (Å²) in [5, 5.41) is 5.54. The zero-order valence-corrected chi connectivity index (χ0v) is 12.1. The van der Waals surface area contributed by atoms with Gasteiger partial charge in [0, 0.05) is 0 Å². The van der Waals surface area contributed by atoms with Crippen LogP contribution in [0.2, 0.25) is 0 Å². The van der Waals surface area contributed by atoms with E-state index in [4.69, 9.17) is 0 Å². The molecule has 19 heavy (non-hydrogen) atoms. The summed E-state index contributed by atoms with van der Waals surface area (Å²) in [6, 6.07) is 15.8. The first-order valence-corrected chi connectivity index (χ1v) is 7.00. The average Bonchev–Trinajstić information content (AvgIpc) is 2.37. The highest BCUT2D eigenvalue weighted by Gasteiger charge is 2.08. The van der Waals surface area contributed by atoms with Crippen LogP contribution < -0.4 is 0 Å². The molecule has 0 saturated heterocycles. The van der Waals surface area contributed by atoms with Crippen molar-refractivity contribution in [3.8, 4) is 0 Å². The largest absolute Gasteiger partial charge is 0.0613 e. The Balaban J connectivity index is 2.51. The average molecular weight is 248 g/mol. The first-order valence-electron chi connectivity index (χ1n) is 7.00. The van der Waals surface area contributed by atoms with Crippen LogP contribution in [0.3, 0.4) is 0 Å². The van der Waals surface area contributed by atoms with Crippen molar-refractivity contribution >= 4 is 21.5 Å². The molecule has 0 aliphatic heterocycles. The predicted octanol–water partition coefficient (Wildman–Crippen LogP) is 5.73. The zero-order valence-electron chi connectivity index (χ0n) is 12.1. The number of hydrogen-bond donors (Lipinski definition) is 0. The number of fused-ring (bicyclic) bond motifs is 3. The molecular weight excluding hydrogens is 228 g/mol. The molecule has 0 amide bonds. The smallest absolute Gasteiger partial charge is 0.0100 e. The molecule has 0 N–H and O–H groups in total. The lowest BCUT2D eigenvalue weighted by molar-refractivity contribution is 0.876. The summed E-state index contributed by atoms with van der Waals surface area (Å²) < 4.78 is 0. The molecule has 0 radical (unpaired) electrons. The molecule has 0 unspecified atom stereocenters. The summed E-state index contributed by atoms with van der Waals surface area (Å²) in [5.41, 5.74) is 4.15. The van der Waals surface area contributed by atoms with Crippen molar-refractivity contribution in [2.75, 3.05) is 0 Å². The van der Waals surface area contributed by atoms with Crippen LogP contribution in [0.5, 0.6) is 0 Å². The second kappa shape index (κ2) is 4.38. The van der Waals surface area contributed by atoms with Gasteiger partial charge in [-0.25, -0.2) is 0 Å². The maximum absolute atomic E-state index is 2.31. The molecule has 3 aromatic carbocycles. The second-order valence-corrected chi connectivity index (χ2v) is 5.84. The van der Waals surface area contributed by atoms with Crippen molar-refractivity contribution in [1.82, 2.24) is 0 Å². The van der Waals surface area contributed by atoms with E-state index < -0.39 is 0 Å². The molecule has 0 heterocycles. The van der Waals surface area contributed by atoms with E-state index in [2.05, 4.69) is 70.2 Å². The molecule has 0 atom stereocenters. The Hall–Kier alpha value is -1.82. The fourth-order valence-corrected chi connectivity index (χ4v) is 3.10. The van der Waals surface area contributed by atoms with E-state index in [-0.39, 0.29) is 0 Å². The monoisotopic (exact) mass is 248 g/mol. The van der Waals surface area contributed by atoms with Crippen molar-refractivity contribution in [2.24, 2.45) is 0 Å². The number of aryl methyl sites for hydroxylation is 2. The topological polar surface area (TPSA) is 0 Å². The van der Waals surface area contributed by atoms with Crippen molar-refractivity contribution in [3.63, 3.8) is 0 Å². The van der Waals surface area contributed by atoms with Crippen LogP contribution in [0.1, 0.15) is 36.5 Å². The van der Waals surface area contributed by atoms with E-state index in [1.54, 1.807) is 0 Å². The molecule has 0 fully saturated rings. The third kappa shape index (κ3) is 1.92. The Kier molecular flexibility index (Phi) is 2.82. The zero-order chi connectivity index (χ0) is 13.6. The molecule has 0 spiro atoms. The van der Waals surface area contributed by atoms with Gasteiger partial charge in [-0.2, -0.15) is 0 Å². The molecule has 0 aromatic heterocycles. The van der Waals surface area contributed by atoms with Gasteiger partial charge in [0.25, 0.3) is 0 Å². The minimum atomic E-state index is 0.562. The normalized spacial score (nSPS) is 11.6. The Labute approximate surface area is 115 Å². The molecule has 0 saturated carbocycles. The third-order valence-corrected chi connectivity index (χ3v) is 4.00. The molecule has 0 aliphatic rings. The number of benzene rings is 3. The Morgan fingerprint density at radius 3 is 2.21 bits per heavy atom. The standard InChI is InChI=1S/C19H20/c1-12(2)15-6-5-7-17-18(15)9-8-16-14(4)10-13(3)11-19(16)17/h5-12H,1-4H3. The van der Waals surface area contributed by atoms with Gasteiger partial charge in [-0.3, -0.25) is 0 Å². The van der Waals surface area contributed by atoms with Crippen LogP contribution in [-0.4, -0.2) is 0 Å². The van der Waals surface area contributed by atoms with Crippen molar-refractivity contribution in [1.29, 1.82) is 0 Å². The lowest BCUT2D eigenvalue weighted by Crippen LogP contribution is -1.91. The van der Waals surface area contributed by atoms with Gasteiger partial charge in [0.1, 0.15) is 0 Å². The predicted molar refractivity (Wildman–Crippen MR) is 85.0 cm³/mol. The van der Waals surface area contributed by atoms with Gasteiger partial charge in [-0.1, -0.05) is 61.9 Å². The number of rotatable bonds is 1. The summed E-state index contributed by atoms with van der Waals surface area (Å²) in [5.74, 6) is 0.562. The molecule has 0 nitrogen and oxygen atoms in total. The summed E-state index contributed by atoms with van der Waals surface area (Å²) in [7, 11) is 0. The second-order valence-electron chi connectivity index (χ2n) is 5.84. The summed E-state index contributed by atoms with van der Waals surface area (Å²) in [6.45, 7) is 8.91. The third-order valence-electron chi connectivity index (χ3n) is 4.00. The van der Waals surface area contributed by atoms with Crippen LogP contribution in [0.4, 0.5) is 0 Å². The fourth-order valence-electron chi connectivity index (χ4n) is 3.10. The van der Waals surface area contributed by atoms with Crippen molar-refractivity contribution < 1.29 is 0 Å². The molecule has 0 aliphatic carbocycles. The quantitative estimate of drug-likeness (QED) is 0.482. The fraction of sp³-hybridized carbons (Fsp3) is 0.263. The molecular formula is C19H20. The molecule has 0 bridgehead atoms. The molecule has 3 rings (SSSR count). The van der Waals surface area contributed by atoms with Gasteiger partial charge in [-0.05, 0) is 52.4 Å².